The van der Waals surface area contributed by atoms with Crippen molar-refractivity contribution in [2.45, 2.75) is 6.92 Å². The summed E-state index contributed by atoms with van der Waals surface area (Å²) in [6.07, 6.45) is 8.19. The normalized spacial score (nSPS) is 11.6. The first-order chi connectivity index (χ1) is 12.3. The first-order valence-electron chi connectivity index (χ1n) is 8.49. The van der Waals surface area contributed by atoms with E-state index in [2.05, 4.69) is 98.5 Å². The van der Waals surface area contributed by atoms with Crippen LogP contribution in [-0.4, -0.2) is 0 Å². The Labute approximate surface area is 150 Å². The Morgan fingerprint density at radius 3 is 2.16 bits per heavy atom. The average molecular weight is 322 g/mol. The fourth-order valence-corrected chi connectivity index (χ4v) is 2.87. The Morgan fingerprint density at radius 2 is 1.48 bits per heavy atom. The van der Waals surface area contributed by atoms with Crippen LogP contribution in [0, 0.1) is 6.92 Å². The molecule has 0 aliphatic heterocycles. The van der Waals surface area contributed by atoms with Crippen molar-refractivity contribution in [1.82, 2.24) is 0 Å². The maximum absolute atomic E-state index is 3.87. The van der Waals surface area contributed by atoms with Gasteiger partial charge in [0, 0.05) is 0 Å². The Kier molecular flexibility index (Phi) is 5.43. The molecule has 0 saturated heterocycles. The van der Waals surface area contributed by atoms with E-state index >= 15 is 0 Å². The van der Waals surface area contributed by atoms with Crippen molar-refractivity contribution in [1.29, 1.82) is 0 Å². The molecule has 0 N–H and O–H groups in total. The van der Waals surface area contributed by atoms with Gasteiger partial charge in [-0.1, -0.05) is 104 Å². The molecule has 0 nitrogen and oxygen atoms in total. The van der Waals surface area contributed by atoms with Gasteiger partial charge in [-0.2, -0.15) is 0 Å². The third-order valence-corrected chi connectivity index (χ3v) is 4.07. The Hall–Kier alpha value is -3.12. The summed E-state index contributed by atoms with van der Waals surface area (Å²) < 4.78 is 0. The fraction of sp³-hybridized carbons (Fsp3) is 0.0400. The number of hydrogen-bond donors (Lipinski definition) is 0. The predicted octanol–water partition coefficient (Wildman–Crippen LogP) is 6.94. The van der Waals surface area contributed by atoms with Crippen molar-refractivity contribution in [2.24, 2.45) is 0 Å². The van der Waals surface area contributed by atoms with Crippen LogP contribution in [-0.2, 0) is 0 Å². The third kappa shape index (κ3) is 4.45. The van der Waals surface area contributed by atoms with Crippen LogP contribution in [0.2, 0.25) is 0 Å². The van der Waals surface area contributed by atoms with Crippen molar-refractivity contribution in [3.63, 3.8) is 0 Å². The molecule has 0 atom stereocenters. The summed E-state index contributed by atoms with van der Waals surface area (Å²) in [4.78, 5) is 0. The van der Waals surface area contributed by atoms with Gasteiger partial charge in [0.05, 0.1) is 0 Å². The lowest BCUT2D eigenvalue weighted by Crippen LogP contribution is -1.87. The lowest BCUT2D eigenvalue weighted by Gasteiger charge is -2.09. The van der Waals surface area contributed by atoms with Gasteiger partial charge < -0.3 is 0 Å². The van der Waals surface area contributed by atoms with Crippen molar-refractivity contribution < 1.29 is 0 Å². The van der Waals surface area contributed by atoms with Crippen molar-refractivity contribution in [2.75, 3.05) is 0 Å². The summed E-state index contributed by atoms with van der Waals surface area (Å²) in [6, 6.07) is 27.5. The molecule has 0 bridgehead atoms. The number of benzene rings is 3. The molecule has 3 aromatic carbocycles. The second-order valence-electron chi connectivity index (χ2n) is 6.06. The van der Waals surface area contributed by atoms with Gasteiger partial charge in [-0.25, -0.2) is 0 Å². The van der Waals surface area contributed by atoms with Crippen LogP contribution in [0.15, 0.2) is 104 Å². The largest absolute Gasteiger partial charge is 0.0990 e. The summed E-state index contributed by atoms with van der Waals surface area (Å²) in [6.45, 7) is 6.01. The van der Waals surface area contributed by atoms with E-state index in [-0.39, 0.29) is 0 Å². The molecule has 0 heterocycles. The Balaban J connectivity index is 2.00. The smallest absolute Gasteiger partial charge is 0.0175 e. The van der Waals surface area contributed by atoms with E-state index in [4.69, 9.17) is 0 Å². The van der Waals surface area contributed by atoms with E-state index in [1.165, 1.54) is 27.8 Å². The topological polar surface area (TPSA) is 0 Å². The molecule has 0 amide bonds. The van der Waals surface area contributed by atoms with Gasteiger partial charge in [-0.15, -0.1) is 0 Å². The Morgan fingerprint density at radius 1 is 0.800 bits per heavy atom. The second kappa shape index (κ2) is 8.12. The highest BCUT2D eigenvalue weighted by Gasteiger charge is 2.04. The summed E-state index contributed by atoms with van der Waals surface area (Å²) >= 11 is 0. The van der Waals surface area contributed by atoms with E-state index < -0.39 is 0 Å². The van der Waals surface area contributed by atoms with E-state index in [1.807, 2.05) is 18.2 Å². The molecule has 25 heavy (non-hydrogen) atoms. The number of aryl methyl sites for hydroxylation is 1. The summed E-state index contributed by atoms with van der Waals surface area (Å²) in [5.74, 6) is 0. The predicted molar refractivity (Wildman–Crippen MR) is 110 cm³/mol. The van der Waals surface area contributed by atoms with E-state index in [0.29, 0.717) is 0 Å². The van der Waals surface area contributed by atoms with Crippen LogP contribution in [0.5, 0.6) is 0 Å². The average Bonchev–Trinajstić information content (AvgIpc) is 2.66. The van der Waals surface area contributed by atoms with Crippen LogP contribution in [0.1, 0.15) is 16.7 Å². The van der Waals surface area contributed by atoms with Gasteiger partial charge >= 0.3 is 0 Å². The molecule has 0 heteroatoms. The number of rotatable bonds is 5. The van der Waals surface area contributed by atoms with E-state index in [0.717, 1.165) is 5.57 Å². The van der Waals surface area contributed by atoms with Crippen molar-refractivity contribution >= 4 is 11.6 Å². The quantitative estimate of drug-likeness (QED) is 0.446. The highest BCUT2D eigenvalue weighted by atomic mass is 14.1. The van der Waals surface area contributed by atoms with Gasteiger partial charge in [0.25, 0.3) is 0 Å². The van der Waals surface area contributed by atoms with Crippen LogP contribution >= 0.6 is 0 Å². The van der Waals surface area contributed by atoms with Crippen LogP contribution < -0.4 is 0 Å². The summed E-state index contributed by atoms with van der Waals surface area (Å²) in [5, 5.41) is 0. The Bertz CT molecular complexity index is 897. The van der Waals surface area contributed by atoms with Gasteiger partial charge in [0.15, 0.2) is 0 Å². The molecule has 0 fully saturated rings. The van der Waals surface area contributed by atoms with E-state index in [1.54, 1.807) is 0 Å². The van der Waals surface area contributed by atoms with Gasteiger partial charge in [-0.3, -0.25) is 0 Å². The standard InChI is InChI=1S/C25H22/c1-3-10-22(16-15-21-11-6-4-7-12-21)24-17-20(2)18-25(19-24)23-13-8-5-9-14-23/h3-19H,1H2,2H3/b16-15+,22-10+. The zero-order valence-corrected chi connectivity index (χ0v) is 14.5. The number of hydrogen-bond acceptors (Lipinski definition) is 0. The minimum absolute atomic E-state index is 1.15. The molecular weight excluding hydrogens is 300 g/mol. The van der Waals surface area contributed by atoms with Gasteiger partial charge in [0.2, 0.25) is 0 Å². The maximum Gasteiger partial charge on any atom is -0.0175 e. The third-order valence-electron chi connectivity index (χ3n) is 4.07. The van der Waals surface area contributed by atoms with Gasteiger partial charge in [-0.05, 0) is 46.4 Å². The lowest BCUT2D eigenvalue weighted by atomic mass is 9.95. The molecular formula is C25H22. The number of allylic oxidation sites excluding steroid dienone is 4. The fourth-order valence-electron chi connectivity index (χ4n) is 2.87. The highest BCUT2D eigenvalue weighted by Crippen LogP contribution is 2.27. The van der Waals surface area contributed by atoms with Crippen LogP contribution in [0.25, 0.3) is 22.8 Å². The maximum atomic E-state index is 3.87. The zero-order valence-electron chi connectivity index (χ0n) is 14.5. The second-order valence-corrected chi connectivity index (χ2v) is 6.06. The lowest BCUT2D eigenvalue weighted by molar-refractivity contribution is 1.44. The molecule has 0 aliphatic carbocycles. The molecule has 3 aromatic rings. The first kappa shape index (κ1) is 16.7. The van der Waals surface area contributed by atoms with Crippen LogP contribution in [0.3, 0.4) is 0 Å². The van der Waals surface area contributed by atoms with Crippen molar-refractivity contribution in [3.8, 4) is 11.1 Å². The van der Waals surface area contributed by atoms with Crippen LogP contribution in [0.4, 0.5) is 0 Å². The molecule has 122 valence electrons. The van der Waals surface area contributed by atoms with Gasteiger partial charge in [0.1, 0.15) is 0 Å². The SMILES string of the molecule is C=C/C=C(\C=C\c1ccccc1)c1cc(C)cc(-c2ccccc2)c1. The molecule has 0 aromatic heterocycles. The molecule has 0 spiro atoms. The van der Waals surface area contributed by atoms with Crippen molar-refractivity contribution in [3.05, 3.63) is 120 Å². The highest BCUT2D eigenvalue weighted by molar-refractivity contribution is 5.82. The first-order valence-corrected chi connectivity index (χ1v) is 8.49. The summed E-state index contributed by atoms with van der Waals surface area (Å²) in [7, 11) is 0. The minimum Gasteiger partial charge on any atom is -0.0990 e. The molecule has 0 radical (unpaired) electrons. The minimum atomic E-state index is 1.15. The monoisotopic (exact) mass is 322 g/mol. The molecule has 0 saturated carbocycles. The molecule has 0 unspecified atom stereocenters. The molecule has 0 aliphatic rings. The van der Waals surface area contributed by atoms with E-state index in [9.17, 15) is 0 Å². The zero-order chi connectivity index (χ0) is 17.5. The summed E-state index contributed by atoms with van der Waals surface area (Å²) in [5.41, 5.74) is 7.26. The molecule has 3 rings (SSSR count).